The number of rotatable bonds is 5. The van der Waals surface area contributed by atoms with E-state index in [2.05, 4.69) is 0 Å². The van der Waals surface area contributed by atoms with E-state index >= 15 is 0 Å². The summed E-state index contributed by atoms with van der Waals surface area (Å²) in [6, 6.07) is 9.95. The van der Waals surface area contributed by atoms with Crippen molar-refractivity contribution in [3.63, 3.8) is 0 Å². The third kappa shape index (κ3) is 3.36. The summed E-state index contributed by atoms with van der Waals surface area (Å²) in [6.07, 6.45) is 1.65. The van der Waals surface area contributed by atoms with Crippen molar-refractivity contribution in [1.82, 2.24) is 13.7 Å². The van der Waals surface area contributed by atoms with Gasteiger partial charge in [0, 0.05) is 43.6 Å². The Morgan fingerprint density at radius 1 is 0.970 bits per heavy atom. The van der Waals surface area contributed by atoms with Crippen molar-refractivity contribution in [2.75, 3.05) is 14.2 Å². The van der Waals surface area contributed by atoms with Gasteiger partial charge >= 0.3 is 5.69 Å². The lowest BCUT2D eigenvalue weighted by Crippen LogP contribution is -2.36. The molecule has 0 aliphatic carbocycles. The average Bonchev–Trinajstić information content (AvgIpc) is 3.21. The van der Waals surface area contributed by atoms with Crippen LogP contribution in [0.5, 0.6) is 11.5 Å². The van der Waals surface area contributed by atoms with Gasteiger partial charge in [0.25, 0.3) is 11.2 Å². The third-order valence-corrected chi connectivity index (χ3v) is 5.76. The molecule has 0 aliphatic heterocycles. The molecule has 0 fully saturated rings. The molecular formula is C23H22N4O6. The molecule has 0 radical (unpaired) electrons. The van der Waals surface area contributed by atoms with Gasteiger partial charge in [-0.1, -0.05) is 12.1 Å². The molecule has 0 saturated heterocycles. The minimum Gasteiger partial charge on any atom is -0.497 e. The molecule has 0 aliphatic rings. The Morgan fingerprint density at radius 3 is 2.33 bits per heavy atom. The predicted octanol–water partition coefficient (Wildman–Crippen LogP) is 2.93. The lowest BCUT2D eigenvalue weighted by molar-refractivity contribution is -0.385. The smallest absolute Gasteiger partial charge is 0.330 e. The summed E-state index contributed by atoms with van der Waals surface area (Å²) in [5.74, 6) is 1.03. The first-order chi connectivity index (χ1) is 15.7. The van der Waals surface area contributed by atoms with Gasteiger partial charge in [-0.25, -0.2) is 4.79 Å². The van der Waals surface area contributed by atoms with E-state index in [0.717, 1.165) is 4.57 Å². The molecule has 10 heteroatoms. The molecule has 4 rings (SSSR count). The molecule has 0 bridgehead atoms. The summed E-state index contributed by atoms with van der Waals surface area (Å²) in [7, 11) is 6.01. The van der Waals surface area contributed by atoms with Crippen molar-refractivity contribution < 1.29 is 14.4 Å². The maximum absolute atomic E-state index is 13.2. The first-order valence-electron chi connectivity index (χ1n) is 9.98. The second kappa shape index (κ2) is 7.97. The van der Waals surface area contributed by atoms with Gasteiger partial charge in [0.05, 0.1) is 41.4 Å². The van der Waals surface area contributed by atoms with Crippen LogP contribution in [0.15, 0.2) is 52.2 Å². The van der Waals surface area contributed by atoms with Gasteiger partial charge in [0.15, 0.2) is 0 Å². The van der Waals surface area contributed by atoms with Crippen LogP contribution in [0.1, 0.15) is 5.56 Å². The molecule has 2 heterocycles. The van der Waals surface area contributed by atoms with Crippen molar-refractivity contribution in [2.24, 2.45) is 14.1 Å². The molecule has 2 aromatic carbocycles. The van der Waals surface area contributed by atoms with E-state index in [1.807, 2.05) is 0 Å². The summed E-state index contributed by atoms with van der Waals surface area (Å²) in [5.41, 5.74) is 1.19. The third-order valence-electron chi connectivity index (χ3n) is 5.76. The minimum absolute atomic E-state index is 0.0762. The SMILES string of the molecule is COc1ccc(OC)c(-n2cc3c(c2-c2ccc(C)c([N+](=O)[O-])c2)c(=O)n(C)c(=O)n3C)c1. The number of nitrogens with zero attached hydrogens (tertiary/aromatic N) is 4. The topological polar surface area (TPSA) is 111 Å². The van der Waals surface area contributed by atoms with E-state index in [0.29, 0.717) is 39.5 Å². The van der Waals surface area contributed by atoms with Crippen molar-refractivity contribution in [1.29, 1.82) is 0 Å². The molecule has 0 unspecified atom stereocenters. The van der Waals surface area contributed by atoms with Crippen molar-refractivity contribution >= 4 is 16.6 Å². The van der Waals surface area contributed by atoms with E-state index < -0.39 is 16.2 Å². The second-order valence-corrected chi connectivity index (χ2v) is 7.61. The predicted molar refractivity (Wildman–Crippen MR) is 124 cm³/mol. The summed E-state index contributed by atoms with van der Waals surface area (Å²) in [6.45, 7) is 1.65. The molecule has 0 amide bonds. The lowest BCUT2D eigenvalue weighted by atomic mass is 10.1. The number of nitro groups is 1. The zero-order valence-corrected chi connectivity index (χ0v) is 18.8. The first-order valence-corrected chi connectivity index (χ1v) is 9.98. The molecule has 0 atom stereocenters. The number of methoxy groups -OCH3 is 2. The van der Waals surface area contributed by atoms with Crippen LogP contribution in [0, 0.1) is 17.0 Å². The Kier molecular flexibility index (Phi) is 5.28. The average molecular weight is 450 g/mol. The molecule has 10 nitrogen and oxygen atoms in total. The highest BCUT2D eigenvalue weighted by Gasteiger charge is 2.24. The number of fused-ring (bicyclic) bond motifs is 1. The first kappa shape index (κ1) is 21.9. The van der Waals surface area contributed by atoms with Crippen molar-refractivity contribution in [2.45, 2.75) is 6.92 Å². The van der Waals surface area contributed by atoms with Gasteiger partial charge in [-0.3, -0.25) is 24.0 Å². The number of aromatic nitrogens is 3. The Hall–Kier alpha value is -4.34. The van der Waals surface area contributed by atoms with Crippen LogP contribution in [0.3, 0.4) is 0 Å². The molecule has 0 N–H and O–H groups in total. The van der Waals surface area contributed by atoms with Gasteiger partial charge in [0.2, 0.25) is 0 Å². The van der Waals surface area contributed by atoms with Crippen molar-refractivity contribution in [3.8, 4) is 28.4 Å². The monoisotopic (exact) mass is 450 g/mol. The molecule has 4 aromatic rings. The highest BCUT2D eigenvalue weighted by atomic mass is 16.6. The van der Waals surface area contributed by atoms with Crippen LogP contribution in [0.4, 0.5) is 5.69 Å². The van der Waals surface area contributed by atoms with Gasteiger partial charge in [-0.2, -0.15) is 0 Å². The van der Waals surface area contributed by atoms with E-state index in [9.17, 15) is 19.7 Å². The maximum atomic E-state index is 13.2. The Bertz CT molecular complexity index is 1540. The number of ether oxygens (including phenoxy) is 2. The van der Waals surface area contributed by atoms with Crippen LogP contribution in [0.2, 0.25) is 0 Å². The fraction of sp³-hybridized carbons (Fsp3) is 0.217. The minimum atomic E-state index is -0.507. The number of aryl methyl sites for hydroxylation is 2. The summed E-state index contributed by atoms with van der Waals surface area (Å²) < 4.78 is 15.0. The molecule has 170 valence electrons. The zero-order valence-electron chi connectivity index (χ0n) is 18.8. The Balaban J connectivity index is 2.23. The quantitative estimate of drug-likeness (QED) is 0.342. The Morgan fingerprint density at radius 2 is 1.70 bits per heavy atom. The summed E-state index contributed by atoms with van der Waals surface area (Å²) >= 11 is 0. The molecular weight excluding hydrogens is 428 g/mol. The van der Waals surface area contributed by atoms with Crippen LogP contribution in [-0.4, -0.2) is 32.8 Å². The van der Waals surface area contributed by atoms with E-state index in [-0.39, 0.29) is 11.1 Å². The van der Waals surface area contributed by atoms with Crippen LogP contribution >= 0.6 is 0 Å². The van der Waals surface area contributed by atoms with E-state index in [1.165, 1.54) is 31.9 Å². The molecule has 0 spiro atoms. The number of nitro benzene ring substituents is 1. The number of benzene rings is 2. The lowest BCUT2D eigenvalue weighted by Gasteiger charge is -2.15. The van der Waals surface area contributed by atoms with Gasteiger partial charge < -0.3 is 14.0 Å². The standard InChI is InChI=1S/C23H22N4O6/c1-13-6-7-14(10-16(13)27(30)31)21-20-18(24(2)23(29)25(3)22(20)28)12-26(21)17-11-15(32-4)8-9-19(17)33-5/h6-12H,1-5H3. The normalized spacial score (nSPS) is 11.1. The zero-order chi connectivity index (χ0) is 24.0. The van der Waals surface area contributed by atoms with Crippen LogP contribution < -0.4 is 20.7 Å². The number of hydrogen-bond donors (Lipinski definition) is 0. The van der Waals surface area contributed by atoms with E-state index in [1.54, 1.807) is 55.1 Å². The largest absolute Gasteiger partial charge is 0.497 e. The summed E-state index contributed by atoms with van der Waals surface area (Å²) in [5, 5.41) is 11.9. The van der Waals surface area contributed by atoms with Gasteiger partial charge in [-0.15, -0.1) is 0 Å². The Labute approximate surface area is 188 Å². The fourth-order valence-electron chi connectivity index (χ4n) is 3.95. The highest BCUT2D eigenvalue weighted by molar-refractivity contribution is 5.95. The van der Waals surface area contributed by atoms with E-state index in [4.69, 9.17) is 9.47 Å². The maximum Gasteiger partial charge on any atom is 0.330 e. The number of hydrogen-bond acceptors (Lipinski definition) is 6. The van der Waals surface area contributed by atoms with Crippen LogP contribution in [-0.2, 0) is 14.1 Å². The van der Waals surface area contributed by atoms with Crippen LogP contribution in [0.25, 0.3) is 27.8 Å². The van der Waals surface area contributed by atoms with Gasteiger partial charge in [-0.05, 0) is 19.1 Å². The summed E-state index contributed by atoms with van der Waals surface area (Å²) in [4.78, 5) is 37.0. The second-order valence-electron chi connectivity index (χ2n) is 7.61. The van der Waals surface area contributed by atoms with Gasteiger partial charge in [0.1, 0.15) is 11.5 Å². The van der Waals surface area contributed by atoms with Crippen molar-refractivity contribution in [3.05, 3.63) is 79.1 Å². The molecule has 2 aromatic heterocycles. The highest BCUT2D eigenvalue weighted by Crippen LogP contribution is 2.37. The molecule has 0 saturated carbocycles. The molecule has 33 heavy (non-hydrogen) atoms. The fourth-order valence-corrected chi connectivity index (χ4v) is 3.95.